The van der Waals surface area contributed by atoms with Gasteiger partial charge in [0.25, 0.3) is 0 Å². The average Bonchev–Trinajstić information content (AvgIpc) is 2.73. The van der Waals surface area contributed by atoms with Crippen LogP contribution < -0.4 is 14.2 Å². The standard InChI is InChI=1S/C24H23NO3/c1-18-8-7-11-23(16-18)28-24(25-20-12-14-21(26-3)15-13-20)19(2)17-27-22-9-5-4-6-10-22/h4-17H,1-3H3/b19-17+,25-24?. The van der Waals surface area contributed by atoms with Gasteiger partial charge in [-0.05, 0) is 67.9 Å². The minimum absolute atomic E-state index is 0.465. The molecule has 0 fully saturated rings. The largest absolute Gasteiger partial charge is 0.497 e. The lowest BCUT2D eigenvalue weighted by atomic mass is 10.2. The number of methoxy groups -OCH3 is 1. The molecule has 28 heavy (non-hydrogen) atoms. The Morgan fingerprint density at radius 2 is 1.54 bits per heavy atom. The topological polar surface area (TPSA) is 40.0 Å². The summed E-state index contributed by atoms with van der Waals surface area (Å²) in [5.41, 5.74) is 2.64. The van der Waals surface area contributed by atoms with Crippen molar-refractivity contribution in [3.05, 3.63) is 96.3 Å². The first kappa shape index (κ1) is 19.2. The summed E-state index contributed by atoms with van der Waals surface area (Å²) < 4.78 is 17.0. The molecule has 0 aromatic heterocycles. The molecule has 142 valence electrons. The number of ether oxygens (including phenoxy) is 3. The first-order valence-corrected chi connectivity index (χ1v) is 9.00. The Bertz CT molecular complexity index is 961. The number of aryl methyl sites for hydroxylation is 1. The molecule has 0 radical (unpaired) electrons. The van der Waals surface area contributed by atoms with Gasteiger partial charge in [0, 0.05) is 5.57 Å². The number of hydrogen-bond acceptors (Lipinski definition) is 4. The molecule has 0 saturated heterocycles. The van der Waals surface area contributed by atoms with E-state index in [0.717, 1.165) is 34.1 Å². The van der Waals surface area contributed by atoms with Gasteiger partial charge in [0.2, 0.25) is 5.90 Å². The summed E-state index contributed by atoms with van der Waals surface area (Å²) in [6.45, 7) is 3.93. The van der Waals surface area contributed by atoms with Crippen molar-refractivity contribution in [1.29, 1.82) is 0 Å². The van der Waals surface area contributed by atoms with Crippen LogP contribution in [0.4, 0.5) is 5.69 Å². The van der Waals surface area contributed by atoms with Gasteiger partial charge in [-0.1, -0.05) is 30.3 Å². The summed E-state index contributed by atoms with van der Waals surface area (Å²) in [6.07, 6.45) is 1.65. The molecule has 0 N–H and O–H groups in total. The monoisotopic (exact) mass is 373 g/mol. The van der Waals surface area contributed by atoms with E-state index in [1.165, 1.54) is 0 Å². The molecule has 4 nitrogen and oxygen atoms in total. The normalized spacial score (nSPS) is 11.8. The molecule has 0 aliphatic heterocycles. The van der Waals surface area contributed by atoms with Gasteiger partial charge in [-0.25, -0.2) is 4.99 Å². The Morgan fingerprint density at radius 3 is 2.21 bits per heavy atom. The van der Waals surface area contributed by atoms with Crippen molar-refractivity contribution in [2.24, 2.45) is 4.99 Å². The summed E-state index contributed by atoms with van der Waals surface area (Å²) in [5, 5.41) is 0. The molecule has 3 aromatic carbocycles. The van der Waals surface area contributed by atoms with E-state index in [4.69, 9.17) is 14.2 Å². The summed E-state index contributed by atoms with van der Waals surface area (Å²) >= 11 is 0. The highest BCUT2D eigenvalue weighted by Crippen LogP contribution is 2.21. The van der Waals surface area contributed by atoms with Crippen LogP contribution in [0.3, 0.4) is 0 Å². The number of nitrogens with zero attached hydrogens (tertiary/aromatic N) is 1. The van der Waals surface area contributed by atoms with E-state index in [1.54, 1.807) is 13.4 Å². The molecule has 3 aromatic rings. The van der Waals surface area contributed by atoms with Crippen LogP contribution in [0.25, 0.3) is 0 Å². The van der Waals surface area contributed by atoms with Crippen molar-refractivity contribution in [1.82, 2.24) is 0 Å². The van der Waals surface area contributed by atoms with Gasteiger partial charge in [-0.2, -0.15) is 0 Å². The van der Waals surface area contributed by atoms with Crippen molar-refractivity contribution >= 4 is 11.6 Å². The number of para-hydroxylation sites is 1. The summed E-state index contributed by atoms with van der Waals surface area (Å²) in [7, 11) is 1.64. The molecule has 0 atom stereocenters. The Hall–Kier alpha value is -3.53. The molecular weight excluding hydrogens is 350 g/mol. The second-order valence-electron chi connectivity index (χ2n) is 6.27. The summed E-state index contributed by atoms with van der Waals surface area (Å²) in [4.78, 5) is 4.66. The molecule has 0 aliphatic rings. The van der Waals surface area contributed by atoms with Gasteiger partial charge in [-0.3, -0.25) is 0 Å². The molecule has 0 spiro atoms. The van der Waals surface area contributed by atoms with Crippen LogP contribution in [-0.4, -0.2) is 13.0 Å². The van der Waals surface area contributed by atoms with Crippen molar-refractivity contribution in [3.8, 4) is 17.2 Å². The third-order valence-corrected chi connectivity index (χ3v) is 3.96. The zero-order chi connectivity index (χ0) is 19.8. The molecular formula is C24H23NO3. The van der Waals surface area contributed by atoms with Gasteiger partial charge in [-0.15, -0.1) is 0 Å². The molecule has 4 heteroatoms. The van der Waals surface area contributed by atoms with Crippen LogP contribution >= 0.6 is 0 Å². The molecule has 3 rings (SSSR count). The van der Waals surface area contributed by atoms with Crippen LogP contribution in [0.1, 0.15) is 12.5 Å². The number of aliphatic imine (C=N–C) groups is 1. The quantitative estimate of drug-likeness (QED) is 0.298. The zero-order valence-corrected chi connectivity index (χ0v) is 16.3. The number of benzene rings is 3. The fourth-order valence-corrected chi connectivity index (χ4v) is 2.46. The molecule has 0 amide bonds. The summed E-state index contributed by atoms with van der Waals surface area (Å²) in [6, 6.07) is 24.9. The predicted octanol–water partition coefficient (Wildman–Crippen LogP) is 6.10. The fraction of sp³-hybridized carbons (Fsp3) is 0.125. The highest BCUT2D eigenvalue weighted by Gasteiger charge is 2.08. The van der Waals surface area contributed by atoms with E-state index in [9.17, 15) is 0 Å². The lowest BCUT2D eigenvalue weighted by Gasteiger charge is -2.11. The molecule has 0 unspecified atom stereocenters. The van der Waals surface area contributed by atoms with Gasteiger partial charge in [0.05, 0.1) is 19.1 Å². The van der Waals surface area contributed by atoms with Crippen LogP contribution in [-0.2, 0) is 0 Å². The Kier molecular flexibility index (Phi) is 6.47. The van der Waals surface area contributed by atoms with Crippen molar-refractivity contribution in [2.75, 3.05) is 7.11 Å². The molecule has 0 aliphatic carbocycles. The lowest BCUT2D eigenvalue weighted by Crippen LogP contribution is -2.11. The maximum absolute atomic E-state index is 6.08. The van der Waals surface area contributed by atoms with Crippen LogP contribution in [0.2, 0.25) is 0 Å². The van der Waals surface area contributed by atoms with E-state index in [1.807, 2.05) is 92.7 Å². The van der Waals surface area contributed by atoms with E-state index in [-0.39, 0.29) is 0 Å². The lowest BCUT2D eigenvalue weighted by molar-refractivity contribution is 0.415. The highest BCUT2D eigenvalue weighted by atomic mass is 16.5. The van der Waals surface area contributed by atoms with Crippen LogP contribution in [0.5, 0.6) is 17.2 Å². The van der Waals surface area contributed by atoms with Gasteiger partial charge in [0.15, 0.2) is 0 Å². The second kappa shape index (κ2) is 9.42. The first-order chi connectivity index (χ1) is 13.6. The van der Waals surface area contributed by atoms with E-state index in [0.29, 0.717) is 5.90 Å². The Balaban J connectivity index is 1.89. The highest BCUT2D eigenvalue weighted by molar-refractivity contribution is 5.96. The van der Waals surface area contributed by atoms with E-state index < -0.39 is 0 Å². The number of rotatable bonds is 6. The van der Waals surface area contributed by atoms with Crippen LogP contribution in [0, 0.1) is 6.92 Å². The first-order valence-electron chi connectivity index (χ1n) is 9.00. The Labute approximate surface area is 165 Å². The van der Waals surface area contributed by atoms with Crippen molar-refractivity contribution in [2.45, 2.75) is 13.8 Å². The minimum Gasteiger partial charge on any atom is -0.497 e. The maximum Gasteiger partial charge on any atom is 0.225 e. The third-order valence-electron chi connectivity index (χ3n) is 3.96. The average molecular weight is 373 g/mol. The Morgan fingerprint density at radius 1 is 0.821 bits per heavy atom. The van der Waals surface area contributed by atoms with Crippen molar-refractivity contribution in [3.63, 3.8) is 0 Å². The molecule has 0 heterocycles. The van der Waals surface area contributed by atoms with Gasteiger partial charge in [0.1, 0.15) is 17.2 Å². The molecule has 0 bridgehead atoms. The smallest absolute Gasteiger partial charge is 0.225 e. The van der Waals surface area contributed by atoms with E-state index >= 15 is 0 Å². The van der Waals surface area contributed by atoms with E-state index in [2.05, 4.69) is 4.99 Å². The third kappa shape index (κ3) is 5.48. The minimum atomic E-state index is 0.465. The molecule has 0 saturated carbocycles. The SMILES string of the molecule is COc1ccc(N=C(Oc2cccc(C)c2)/C(C)=C/Oc2ccccc2)cc1. The number of hydrogen-bond donors (Lipinski definition) is 0. The maximum atomic E-state index is 6.08. The fourth-order valence-electron chi connectivity index (χ4n) is 2.46. The van der Waals surface area contributed by atoms with Gasteiger partial charge < -0.3 is 14.2 Å². The summed E-state index contributed by atoms with van der Waals surface area (Å²) in [5.74, 6) is 2.72. The van der Waals surface area contributed by atoms with Gasteiger partial charge >= 0.3 is 0 Å². The second-order valence-corrected chi connectivity index (χ2v) is 6.27. The van der Waals surface area contributed by atoms with Crippen LogP contribution in [0.15, 0.2) is 95.7 Å². The van der Waals surface area contributed by atoms with Crippen molar-refractivity contribution < 1.29 is 14.2 Å². The zero-order valence-electron chi connectivity index (χ0n) is 16.3. The predicted molar refractivity (Wildman–Crippen MR) is 113 cm³/mol.